The summed E-state index contributed by atoms with van der Waals surface area (Å²) >= 11 is 6.87. The Hall–Kier alpha value is -1.18. The first-order chi connectivity index (χ1) is 9.69. The topological polar surface area (TPSA) is 58.0 Å². The van der Waals surface area contributed by atoms with Gasteiger partial charge in [0, 0.05) is 22.5 Å². The second kappa shape index (κ2) is 5.67. The summed E-state index contributed by atoms with van der Waals surface area (Å²) in [5.41, 5.74) is 1.71. The molecule has 0 saturated carbocycles. The summed E-state index contributed by atoms with van der Waals surface area (Å²) in [6.07, 6.45) is 2.73. The minimum Gasteiger partial charge on any atom is -0.493 e. The zero-order valence-corrected chi connectivity index (χ0v) is 13.9. The lowest BCUT2D eigenvalue weighted by atomic mass is 10.3. The van der Waals surface area contributed by atoms with Crippen LogP contribution in [0.25, 0.3) is 10.2 Å². The summed E-state index contributed by atoms with van der Waals surface area (Å²) in [6.45, 7) is 2.76. The molecule has 0 aliphatic carbocycles. The van der Waals surface area contributed by atoms with Crippen LogP contribution >= 0.6 is 38.6 Å². The first kappa shape index (κ1) is 13.8. The number of fused-ring (bicyclic) bond motifs is 1. The molecule has 3 heterocycles. The molecule has 2 N–H and O–H groups in total. The average molecular weight is 370 g/mol. The summed E-state index contributed by atoms with van der Waals surface area (Å²) in [5.74, 6) is 0.0280. The number of aromatic hydroxyl groups is 1. The number of nitrogens with one attached hydrogen (secondary N) is 1. The van der Waals surface area contributed by atoms with Gasteiger partial charge in [0.25, 0.3) is 0 Å². The van der Waals surface area contributed by atoms with Crippen molar-refractivity contribution in [3.05, 3.63) is 32.0 Å². The van der Waals surface area contributed by atoms with E-state index in [1.165, 1.54) is 4.88 Å². The van der Waals surface area contributed by atoms with Gasteiger partial charge in [0.15, 0.2) is 0 Å². The Bertz CT molecular complexity index is 740. The van der Waals surface area contributed by atoms with Crippen molar-refractivity contribution in [3.63, 3.8) is 0 Å². The standard InChI is InChI=1S/C13H12BrN3OS2/c1-2-8-11(14)12-13(20-8)7(5-9(18)17-12)16-6-10-15-3-4-19-10/h3-5H,2,6H2,1H3,(H2,16,17,18). The maximum absolute atomic E-state index is 9.79. The van der Waals surface area contributed by atoms with E-state index >= 15 is 0 Å². The molecule has 0 bridgehead atoms. The molecule has 20 heavy (non-hydrogen) atoms. The Morgan fingerprint density at radius 2 is 2.30 bits per heavy atom. The van der Waals surface area contributed by atoms with E-state index in [-0.39, 0.29) is 5.88 Å². The van der Waals surface area contributed by atoms with Crippen LogP contribution in [-0.4, -0.2) is 15.1 Å². The van der Waals surface area contributed by atoms with Crippen molar-refractivity contribution >= 4 is 54.5 Å². The first-order valence-electron chi connectivity index (χ1n) is 6.12. The number of nitrogens with zero attached hydrogens (tertiary/aromatic N) is 2. The van der Waals surface area contributed by atoms with Gasteiger partial charge in [0.1, 0.15) is 10.5 Å². The Morgan fingerprint density at radius 1 is 1.45 bits per heavy atom. The molecule has 0 amide bonds. The highest BCUT2D eigenvalue weighted by molar-refractivity contribution is 9.10. The number of pyridine rings is 1. The first-order valence-corrected chi connectivity index (χ1v) is 8.61. The van der Waals surface area contributed by atoms with Crippen molar-refractivity contribution in [3.8, 4) is 5.88 Å². The third kappa shape index (κ3) is 2.53. The molecule has 3 rings (SSSR count). The minimum absolute atomic E-state index is 0.0280. The number of halogens is 1. The summed E-state index contributed by atoms with van der Waals surface area (Å²) < 4.78 is 2.04. The monoisotopic (exact) mass is 369 g/mol. The van der Waals surface area contributed by atoms with Gasteiger partial charge in [-0.05, 0) is 22.4 Å². The molecule has 7 heteroatoms. The van der Waals surface area contributed by atoms with E-state index in [2.05, 4.69) is 38.1 Å². The lowest BCUT2D eigenvalue weighted by molar-refractivity contribution is 0.456. The van der Waals surface area contributed by atoms with Crippen molar-refractivity contribution in [1.82, 2.24) is 9.97 Å². The van der Waals surface area contributed by atoms with Crippen LogP contribution in [0.1, 0.15) is 16.8 Å². The number of anilines is 1. The predicted octanol–water partition coefficient (Wildman–Crippen LogP) is 4.40. The summed E-state index contributed by atoms with van der Waals surface area (Å²) in [4.78, 5) is 9.69. The van der Waals surface area contributed by atoms with Gasteiger partial charge in [0.05, 0.1) is 21.4 Å². The molecule has 4 nitrogen and oxygen atoms in total. The van der Waals surface area contributed by atoms with Crippen molar-refractivity contribution < 1.29 is 5.11 Å². The molecule has 3 aromatic heterocycles. The summed E-state index contributed by atoms with van der Waals surface area (Å²) in [7, 11) is 0. The maximum atomic E-state index is 9.79. The fourth-order valence-electron chi connectivity index (χ4n) is 1.94. The molecule has 0 aliphatic heterocycles. The number of aryl methyl sites for hydroxylation is 1. The largest absolute Gasteiger partial charge is 0.493 e. The van der Waals surface area contributed by atoms with Crippen molar-refractivity contribution in [1.29, 1.82) is 0 Å². The summed E-state index contributed by atoms with van der Waals surface area (Å²) in [5, 5.41) is 16.1. The second-order valence-corrected chi connectivity index (χ2v) is 7.06. The fraction of sp³-hybridized carbons (Fsp3) is 0.231. The summed E-state index contributed by atoms with van der Waals surface area (Å²) in [6, 6.07) is 1.66. The number of hydrogen-bond acceptors (Lipinski definition) is 6. The lowest BCUT2D eigenvalue weighted by Gasteiger charge is -2.06. The van der Waals surface area contributed by atoms with Crippen LogP contribution in [0.15, 0.2) is 22.1 Å². The number of hydrogen-bond donors (Lipinski definition) is 2. The Balaban J connectivity index is 2.00. The number of aromatic nitrogens is 2. The van der Waals surface area contributed by atoms with Crippen molar-refractivity contribution in [2.24, 2.45) is 0 Å². The van der Waals surface area contributed by atoms with Crippen LogP contribution in [0.2, 0.25) is 0 Å². The van der Waals surface area contributed by atoms with Gasteiger partial charge < -0.3 is 10.4 Å². The van der Waals surface area contributed by atoms with E-state index < -0.39 is 0 Å². The van der Waals surface area contributed by atoms with Gasteiger partial charge in [-0.25, -0.2) is 9.97 Å². The molecule has 0 unspecified atom stereocenters. The molecular weight excluding hydrogens is 358 g/mol. The number of rotatable bonds is 4. The Morgan fingerprint density at radius 3 is 3.00 bits per heavy atom. The van der Waals surface area contributed by atoms with Crippen LogP contribution in [0.4, 0.5) is 5.69 Å². The highest BCUT2D eigenvalue weighted by atomic mass is 79.9. The normalized spacial score (nSPS) is 11.1. The van der Waals surface area contributed by atoms with Crippen LogP contribution in [0, 0.1) is 0 Å². The van der Waals surface area contributed by atoms with E-state index in [0.717, 1.165) is 31.8 Å². The molecule has 0 fully saturated rings. The van der Waals surface area contributed by atoms with Gasteiger partial charge in [-0.3, -0.25) is 0 Å². The smallest absolute Gasteiger partial charge is 0.213 e. The highest BCUT2D eigenvalue weighted by Gasteiger charge is 2.15. The zero-order chi connectivity index (χ0) is 14.1. The van der Waals surface area contributed by atoms with Gasteiger partial charge in [0.2, 0.25) is 5.88 Å². The Labute approximate surface area is 132 Å². The minimum atomic E-state index is 0.0280. The van der Waals surface area contributed by atoms with Gasteiger partial charge >= 0.3 is 0 Å². The molecular formula is C13H12BrN3OS2. The second-order valence-electron chi connectivity index (χ2n) is 4.18. The number of thiazole rings is 1. The lowest BCUT2D eigenvalue weighted by Crippen LogP contribution is -1.99. The number of thiophene rings is 1. The van der Waals surface area contributed by atoms with E-state index in [1.807, 2.05) is 5.38 Å². The molecule has 0 spiro atoms. The third-order valence-corrected chi connectivity index (χ3v) is 6.12. The van der Waals surface area contributed by atoms with Crippen LogP contribution < -0.4 is 5.32 Å². The van der Waals surface area contributed by atoms with E-state index in [0.29, 0.717) is 6.54 Å². The Kier molecular flexibility index (Phi) is 3.91. The molecule has 0 atom stereocenters. The molecule has 0 aliphatic rings. The molecule has 0 saturated heterocycles. The molecule has 0 radical (unpaired) electrons. The van der Waals surface area contributed by atoms with E-state index in [4.69, 9.17) is 0 Å². The van der Waals surface area contributed by atoms with Crippen molar-refractivity contribution in [2.45, 2.75) is 19.9 Å². The predicted molar refractivity (Wildman–Crippen MR) is 87.8 cm³/mol. The molecule has 3 aromatic rings. The van der Waals surface area contributed by atoms with Gasteiger partial charge in [-0.2, -0.15) is 0 Å². The average Bonchev–Trinajstić information content (AvgIpc) is 3.05. The SMILES string of the molecule is CCc1sc2c(NCc3nccs3)cc(O)nc2c1Br. The quantitative estimate of drug-likeness (QED) is 0.715. The highest BCUT2D eigenvalue weighted by Crippen LogP contribution is 2.40. The zero-order valence-electron chi connectivity index (χ0n) is 10.7. The maximum Gasteiger partial charge on any atom is 0.213 e. The van der Waals surface area contributed by atoms with E-state index in [1.54, 1.807) is 34.9 Å². The van der Waals surface area contributed by atoms with E-state index in [9.17, 15) is 5.11 Å². The van der Waals surface area contributed by atoms with Gasteiger partial charge in [-0.1, -0.05) is 6.92 Å². The van der Waals surface area contributed by atoms with Gasteiger partial charge in [-0.15, -0.1) is 22.7 Å². The van der Waals surface area contributed by atoms with Crippen LogP contribution in [0.3, 0.4) is 0 Å². The van der Waals surface area contributed by atoms with Crippen LogP contribution in [0.5, 0.6) is 5.88 Å². The third-order valence-electron chi connectivity index (χ3n) is 2.87. The molecule has 0 aromatic carbocycles. The van der Waals surface area contributed by atoms with Crippen LogP contribution in [-0.2, 0) is 13.0 Å². The fourth-order valence-corrected chi connectivity index (χ4v) is 4.50. The molecule has 104 valence electrons. The van der Waals surface area contributed by atoms with Crippen molar-refractivity contribution in [2.75, 3.05) is 5.32 Å².